The predicted octanol–water partition coefficient (Wildman–Crippen LogP) is 8.23. The van der Waals surface area contributed by atoms with Crippen LogP contribution in [0, 0.1) is 23.2 Å². The molecule has 4 aliphatic rings. The number of esters is 1. The molecule has 6 rings (SSSR count). The highest BCUT2D eigenvalue weighted by molar-refractivity contribution is 5.80. The summed E-state index contributed by atoms with van der Waals surface area (Å²) in [6.45, 7) is 8.72. The van der Waals surface area contributed by atoms with E-state index in [1.807, 2.05) is 30.3 Å². The molecule has 3 heteroatoms. The first-order valence-corrected chi connectivity index (χ1v) is 13.4. The van der Waals surface area contributed by atoms with Crippen LogP contribution in [0.4, 0.5) is 0 Å². The van der Waals surface area contributed by atoms with Gasteiger partial charge in [0.25, 0.3) is 0 Å². The van der Waals surface area contributed by atoms with Gasteiger partial charge in [-0.25, -0.2) is 0 Å². The van der Waals surface area contributed by atoms with E-state index in [0.29, 0.717) is 17.6 Å². The number of ether oxygens (including phenoxy) is 1. The van der Waals surface area contributed by atoms with E-state index in [4.69, 9.17) is 9.84 Å². The lowest BCUT2D eigenvalue weighted by molar-refractivity contribution is -0.161. The zero-order valence-electron chi connectivity index (χ0n) is 21.4. The van der Waals surface area contributed by atoms with Gasteiger partial charge < -0.3 is 9.84 Å². The van der Waals surface area contributed by atoms with E-state index < -0.39 is 0 Å². The van der Waals surface area contributed by atoms with Crippen molar-refractivity contribution in [2.45, 2.75) is 90.9 Å². The molecule has 4 bridgehead atoms. The van der Waals surface area contributed by atoms with Gasteiger partial charge in [0.2, 0.25) is 0 Å². The van der Waals surface area contributed by atoms with Crippen molar-refractivity contribution < 1.29 is 14.6 Å². The molecule has 184 valence electrons. The number of rotatable bonds is 6. The predicted molar refractivity (Wildman–Crippen MR) is 138 cm³/mol. The van der Waals surface area contributed by atoms with Crippen LogP contribution in [0.5, 0.6) is 11.5 Å². The molecule has 4 fully saturated rings. The van der Waals surface area contributed by atoms with Crippen molar-refractivity contribution in [3.05, 3.63) is 59.7 Å². The summed E-state index contributed by atoms with van der Waals surface area (Å²) in [6, 6.07) is 15.6. The van der Waals surface area contributed by atoms with Gasteiger partial charge in [0.05, 0.1) is 5.41 Å². The summed E-state index contributed by atoms with van der Waals surface area (Å²) in [4.78, 5) is 13.0. The summed E-state index contributed by atoms with van der Waals surface area (Å²) in [7, 11) is 0. The zero-order chi connectivity index (χ0) is 24.3. The molecule has 34 heavy (non-hydrogen) atoms. The number of hydrogen-bond acceptors (Lipinski definition) is 3. The number of phenols is 1. The van der Waals surface area contributed by atoms with Crippen molar-refractivity contribution in [1.82, 2.24) is 0 Å². The lowest BCUT2D eigenvalue weighted by Gasteiger charge is -2.55. The molecule has 2 atom stereocenters. The van der Waals surface area contributed by atoms with Gasteiger partial charge >= 0.3 is 5.97 Å². The van der Waals surface area contributed by atoms with Crippen LogP contribution < -0.4 is 4.74 Å². The molecule has 1 N–H and O–H groups in total. The highest BCUT2D eigenvalue weighted by Gasteiger charge is 2.55. The van der Waals surface area contributed by atoms with Gasteiger partial charge in [-0.05, 0) is 116 Å². The largest absolute Gasteiger partial charge is 0.508 e. The fraction of sp³-hybridized carbons (Fsp3) is 0.581. The minimum Gasteiger partial charge on any atom is -0.508 e. The van der Waals surface area contributed by atoms with Crippen LogP contribution >= 0.6 is 0 Å². The maximum atomic E-state index is 13.0. The second-order valence-electron chi connectivity index (χ2n) is 11.4. The molecule has 0 spiro atoms. The monoisotopic (exact) mass is 462 g/mol. The molecule has 4 aliphatic carbocycles. The first kappa shape index (κ1) is 24.8. The number of hydrogen-bond donors (Lipinski definition) is 1. The van der Waals surface area contributed by atoms with Gasteiger partial charge in [0, 0.05) is 0 Å². The van der Waals surface area contributed by atoms with Gasteiger partial charge in [-0.3, -0.25) is 4.79 Å². The fourth-order valence-corrected chi connectivity index (χ4v) is 6.76. The van der Waals surface area contributed by atoms with Gasteiger partial charge in [-0.1, -0.05) is 52.0 Å². The minimum atomic E-state index is -0.166. The first-order chi connectivity index (χ1) is 16.3. The van der Waals surface area contributed by atoms with Crippen molar-refractivity contribution in [3.63, 3.8) is 0 Å². The van der Waals surface area contributed by atoms with Gasteiger partial charge in [-0.15, -0.1) is 0 Å². The standard InChI is InChI=1S/C21H28O2.C10H14O/c1-3-14(2)18-5-4-6-19(10-18)23-20(22)21-11-15-7-16(12-21)9-17(8-15)13-21;1-3-8(2)9-5-4-6-10(11)7-9/h4-6,10,14-17H,3,7-9,11-13H2,1-2H3;4-8,11H,3H2,1-2H3. The third-order valence-corrected chi connectivity index (χ3v) is 8.77. The SMILES string of the molecule is CCC(C)c1cccc(O)c1.CCC(C)c1cccc(OC(=O)C23CC4CC(CC(C4)C2)C3)c1. The maximum absolute atomic E-state index is 13.0. The third kappa shape index (κ3) is 5.50. The maximum Gasteiger partial charge on any atom is 0.317 e. The van der Waals surface area contributed by atoms with E-state index in [1.165, 1.54) is 30.4 Å². The lowest BCUT2D eigenvalue weighted by atomic mass is 9.49. The first-order valence-electron chi connectivity index (χ1n) is 13.4. The molecule has 0 aromatic heterocycles. The molecule has 2 unspecified atom stereocenters. The molecule has 3 nitrogen and oxygen atoms in total. The molecule has 2 aromatic rings. The summed E-state index contributed by atoms with van der Waals surface area (Å²) in [5.74, 6) is 4.54. The number of carbonyl (C=O) groups excluding carboxylic acids is 1. The smallest absolute Gasteiger partial charge is 0.317 e. The Morgan fingerprint density at radius 2 is 1.38 bits per heavy atom. The van der Waals surface area contributed by atoms with Crippen LogP contribution in [0.15, 0.2) is 48.5 Å². The third-order valence-electron chi connectivity index (χ3n) is 8.77. The van der Waals surface area contributed by atoms with Crippen LogP contribution in [-0.2, 0) is 4.79 Å². The Hall–Kier alpha value is -2.29. The van der Waals surface area contributed by atoms with E-state index in [1.54, 1.807) is 6.07 Å². The van der Waals surface area contributed by atoms with Crippen molar-refractivity contribution in [2.75, 3.05) is 0 Å². The molecule has 0 saturated heterocycles. The second-order valence-corrected chi connectivity index (χ2v) is 11.4. The molecule has 0 aliphatic heterocycles. The molecular formula is C31H42O3. The topological polar surface area (TPSA) is 46.5 Å². The quantitative estimate of drug-likeness (QED) is 0.347. The zero-order valence-corrected chi connectivity index (χ0v) is 21.4. The summed E-state index contributed by atoms with van der Waals surface area (Å²) < 4.78 is 5.90. The summed E-state index contributed by atoms with van der Waals surface area (Å²) in [5.41, 5.74) is 2.32. The molecule has 0 amide bonds. The van der Waals surface area contributed by atoms with Crippen molar-refractivity contribution in [1.29, 1.82) is 0 Å². The van der Waals surface area contributed by atoms with Crippen molar-refractivity contribution in [2.24, 2.45) is 23.2 Å². The number of carbonyl (C=O) groups is 1. The Morgan fingerprint density at radius 3 is 1.88 bits per heavy atom. The Labute approximate surface area is 205 Å². The Kier molecular flexibility index (Phi) is 7.70. The van der Waals surface area contributed by atoms with Gasteiger partial charge in [0.1, 0.15) is 11.5 Å². The van der Waals surface area contributed by atoms with E-state index >= 15 is 0 Å². The summed E-state index contributed by atoms with van der Waals surface area (Å²) in [6.07, 6.45) is 9.51. The van der Waals surface area contributed by atoms with E-state index in [0.717, 1.165) is 55.6 Å². The normalized spacial score (nSPS) is 28.5. The van der Waals surface area contributed by atoms with Crippen LogP contribution in [0.2, 0.25) is 0 Å². The number of benzene rings is 2. The molecule has 0 heterocycles. The van der Waals surface area contributed by atoms with Crippen LogP contribution in [0.3, 0.4) is 0 Å². The molecule has 0 radical (unpaired) electrons. The second kappa shape index (κ2) is 10.5. The van der Waals surface area contributed by atoms with E-state index in [2.05, 4.69) is 39.8 Å². The Balaban J connectivity index is 0.000000210. The average Bonchev–Trinajstić information content (AvgIpc) is 2.82. The van der Waals surface area contributed by atoms with Crippen molar-refractivity contribution >= 4 is 5.97 Å². The van der Waals surface area contributed by atoms with Crippen LogP contribution in [0.25, 0.3) is 0 Å². The van der Waals surface area contributed by atoms with Crippen molar-refractivity contribution in [3.8, 4) is 11.5 Å². The Bertz CT molecular complexity index is 943. The summed E-state index contributed by atoms with van der Waals surface area (Å²) >= 11 is 0. The average molecular weight is 463 g/mol. The van der Waals surface area contributed by atoms with Crippen LogP contribution in [-0.4, -0.2) is 11.1 Å². The van der Waals surface area contributed by atoms with Gasteiger partial charge in [-0.2, -0.15) is 0 Å². The van der Waals surface area contributed by atoms with E-state index in [9.17, 15) is 4.79 Å². The molecular weight excluding hydrogens is 420 g/mol. The molecule has 4 saturated carbocycles. The van der Waals surface area contributed by atoms with Gasteiger partial charge in [0.15, 0.2) is 0 Å². The number of aromatic hydroxyl groups is 1. The minimum absolute atomic E-state index is 0.0536. The molecule has 2 aromatic carbocycles. The summed E-state index contributed by atoms with van der Waals surface area (Å²) in [5, 5.41) is 9.16. The fourth-order valence-electron chi connectivity index (χ4n) is 6.76. The highest BCUT2D eigenvalue weighted by Crippen LogP contribution is 2.60. The number of phenolic OH excluding ortho intramolecular Hbond substituents is 1. The Morgan fingerprint density at radius 1 is 0.882 bits per heavy atom. The van der Waals surface area contributed by atoms with E-state index in [-0.39, 0.29) is 11.4 Å². The lowest BCUT2D eigenvalue weighted by Crippen LogP contribution is -2.51. The van der Waals surface area contributed by atoms with Crippen LogP contribution in [0.1, 0.15) is 102 Å². The highest BCUT2D eigenvalue weighted by atomic mass is 16.5.